The predicted octanol–water partition coefficient (Wildman–Crippen LogP) is 0.933. The molecule has 2 heterocycles. The number of hydrogen-bond donors (Lipinski definition) is 1. The van der Waals surface area contributed by atoms with Gasteiger partial charge in [-0.2, -0.15) is 0 Å². The zero-order valence-corrected chi connectivity index (χ0v) is 10.4. The minimum absolute atomic E-state index is 0.0971. The van der Waals surface area contributed by atoms with Gasteiger partial charge >= 0.3 is 5.97 Å². The molecule has 1 aromatic heterocycles. The Morgan fingerprint density at radius 2 is 2.42 bits per heavy atom. The summed E-state index contributed by atoms with van der Waals surface area (Å²) in [6.45, 7) is 0.750. The standard InChI is InChI=1S/C10H10ClN3O5/c11-7-3-6(14(17)18)4-12-9(7)13-1-2-19-8(5-13)10(15)16/h3-4,8H,1-2,5H2,(H,15,16). The van der Waals surface area contributed by atoms with Gasteiger partial charge in [0.2, 0.25) is 0 Å². The van der Waals surface area contributed by atoms with Crippen molar-refractivity contribution in [3.8, 4) is 0 Å². The molecule has 0 saturated carbocycles. The number of carboxylic acid groups (broad SMARTS) is 1. The molecule has 9 heteroatoms. The molecule has 0 spiro atoms. The third-order valence-electron chi connectivity index (χ3n) is 2.66. The summed E-state index contributed by atoms with van der Waals surface area (Å²) in [6.07, 6.45) is 0.133. The smallest absolute Gasteiger partial charge is 0.334 e. The average Bonchev–Trinajstić information content (AvgIpc) is 2.38. The fourth-order valence-electron chi connectivity index (χ4n) is 1.74. The summed E-state index contributed by atoms with van der Waals surface area (Å²) in [5.74, 6) is -0.746. The number of anilines is 1. The molecule has 1 atom stereocenters. The summed E-state index contributed by atoms with van der Waals surface area (Å²) in [7, 11) is 0. The molecule has 102 valence electrons. The highest BCUT2D eigenvalue weighted by molar-refractivity contribution is 6.33. The minimum Gasteiger partial charge on any atom is -0.479 e. The molecule has 19 heavy (non-hydrogen) atoms. The summed E-state index contributed by atoms with van der Waals surface area (Å²) in [5, 5.41) is 19.6. The second-order valence-electron chi connectivity index (χ2n) is 3.90. The van der Waals surface area contributed by atoms with Gasteiger partial charge < -0.3 is 14.7 Å². The molecule has 1 aromatic rings. The summed E-state index contributed by atoms with van der Waals surface area (Å²) >= 11 is 5.94. The highest BCUT2D eigenvalue weighted by Crippen LogP contribution is 2.28. The lowest BCUT2D eigenvalue weighted by Gasteiger charge is -2.32. The highest BCUT2D eigenvalue weighted by Gasteiger charge is 2.28. The number of nitro groups is 1. The van der Waals surface area contributed by atoms with Crippen molar-refractivity contribution >= 4 is 29.1 Å². The third-order valence-corrected chi connectivity index (χ3v) is 2.94. The molecule has 1 unspecified atom stereocenters. The number of pyridine rings is 1. The summed E-state index contributed by atoms with van der Waals surface area (Å²) in [5.41, 5.74) is -0.211. The van der Waals surface area contributed by atoms with Crippen LogP contribution in [0.4, 0.5) is 11.5 Å². The SMILES string of the molecule is O=C(O)C1CN(c2ncc([N+](=O)[O-])cc2Cl)CCO1. The average molecular weight is 288 g/mol. The first-order valence-corrected chi connectivity index (χ1v) is 5.76. The van der Waals surface area contributed by atoms with Crippen LogP contribution in [-0.2, 0) is 9.53 Å². The number of rotatable bonds is 3. The molecule has 0 aliphatic carbocycles. The van der Waals surface area contributed by atoms with E-state index in [9.17, 15) is 14.9 Å². The van der Waals surface area contributed by atoms with E-state index in [1.807, 2.05) is 0 Å². The summed E-state index contributed by atoms with van der Waals surface area (Å²) in [4.78, 5) is 26.4. The van der Waals surface area contributed by atoms with Crippen molar-refractivity contribution in [2.75, 3.05) is 24.6 Å². The van der Waals surface area contributed by atoms with Crippen LogP contribution >= 0.6 is 11.6 Å². The Labute approximate surface area is 112 Å². The molecular weight excluding hydrogens is 278 g/mol. The lowest BCUT2D eigenvalue weighted by atomic mass is 10.2. The van der Waals surface area contributed by atoms with E-state index in [-0.39, 0.29) is 23.9 Å². The molecule has 1 saturated heterocycles. The lowest BCUT2D eigenvalue weighted by molar-refractivity contribution is -0.385. The van der Waals surface area contributed by atoms with Gasteiger partial charge in [0.05, 0.1) is 23.1 Å². The number of nitrogens with zero attached hydrogens (tertiary/aromatic N) is 3. The maximum atomic E-state index is 10.9. The van der Waals surface area contributed by atoms with E-state index in [0.29, 0.717) is 12.4 Å². The molecule has 1 aliphatic rings. The van der Waals surface area contributed by atoms with Crippen LogP contribution in [0.1, 0.15) is 0 Å². The molecule has 0 aromatic carbocycles. The first-order chi connectivity index (χ1) is 8.99. The molecular formula is C10H10ClN3O5. The van der Waals surface area contributed by atoms with Crippen LogP contribution in [0.5, 0.6) is 0 Å². The van der Waals surface area contributed by atoms with Gasteiger partial charge in [-0.3, -0.25) is 10.1 Å². The van der Waals surface area contributed by atoms with Gasteiger partial charge in [-0.25, -0.2) is 9.78 Å². The fraction of sp³-hybridized carbons (Fsp3) is 0.400. The van der Waals surface area contributed by atoms with Crippen molar-refractivity contribution < 1.29 is 19.6 Å². The minimum atomic E-state index is -1.07. The van der Waals surface area contributed by atoms with Crippen LogP contribution in [0.3, 0.4) is 0 Å². The third kappa shape index (κ3) is 2.91. The van der Waals surface area contributed by atoms with E-state index in [2.05, 4.69) is 4.98 Å². The zero-order chi connectivity index (χ0) is 14.0. The number of aromatic nitrogens is 1. The van der Waals surface area contributed by atoms with Gasteiger partial charge in [-0.05, 0) is 0 Å². The largest absolute Gasteiger partial charge is 0.479 e. The first-order valence-electron chi connectivity index (χ1n) is 5.38. The van der Waals surface area contributed by atoms with E-state index >= 15 is 0 Å². The number of ether oxygens (including phenoxy) is 1. The Bertz CT molecular complexity index is 524. The van der Waals surface area contributed by atoms with Gasteiger partial charge in [-0.1, -0.05) is 11.6 Å². The number of carbonyl (C=O) groups is 1. The monoisotopic (exact) mass is 287 g/mol. The molecule has 8 nitrogen and oxygen atoms in total. The molecule has 1 aliphatic heterocycles. The van der Waals surface area contributed by atoms with E-state index in [1.54, 1.807) is 4.90 Å². The van der Waals surface area contributed by atoms with Gasteiger partial charge in [-0.15, -0.1) is 0 Å². The van der Waals surface area contributed by atoms with E-state index in [1.165, 1.54) is 6.07 Å². The first kappa shape index (κ1) is 13.5. The van der Waals surface area contributed by atoms with E-state index in [0.717, 1.165) is 6.20 Å². The van der Waals surface area contributed by atoms with Gasteiger partial charge in [0, 0.05) is 12.6 Å². The number of halogens is 1. The molecule has 0 radical (unpaired) electrons. The topological polar surface area (TPSA) is 106 Å². The number of morpholine rings is 1. The van der Waals surface area contributed by atoms with Crippen LogP contribution in [0.15, 0.2) is 12.3 Å². The van der Waals surface area contributed by atoms with Crippen molar-refractivity contribution in [1.29, 1.82) is 0 Å². The fourth-order valence-corrected chi connectivity index (χ4v) is 2.02. The van der Waals surface area contributed by atoms with Crippen LogP contribution in [-0.4, -0.2) is 46.8 Å². The normalized spacial score (nSPS) is 19.2. The Morgan fingerprint density at radius 3 is 3.00 bits per heavy atom. The summed E-state index contributed by atoms with van der Waals surface area (Å²) in [6, 6.07) is 1.19. The maximum absolute atomic E-state index is 10.9. The number of hydrogen-bond acceptors (Lipinski definition) is 6. The number of aliphatic carboxylic acids is 1. The van der Waals surface area contributed by atoms with Gasteiger partial charge in [0.25, 0.3) is 5.69 Å². The van der Waals surface area contributed by atoms with Crippen LogP contribution < -0.4 is 4.90 Å². The maximum Gasteiger partial charge on any atom is 0.334 e. The summed E-state index contributed by atoms with van der Waals surface area (Å²) < 4.78 is 5.07. The van der Waals surface area contributed by atoms with Crippen molar-refractivity contribution in [1.82, 2.24) is 4.98 Å². The second-order valence-corrected chi connectivity index (χ2v) is 4.31. The predicted molar refractivity (Wildman–Crippen MR) is 65.5 cm³/mol. The highest BCUT2D eigenvalue weighted by atomic mass is 35.5. The van der Waals surface area contributed by atoms with Crippen LogP contribution in [0.25, 0.3) is 0 Å². The Hall–Kier alpha value is -1.93. The Morgan fingerprint density at radius 1 is 1.68 bits per heavy atom. The van der Waals surface area contributed by atoms with Crippen LogP contribution in [0, 0.1) is 10.1 Å². The van der Waals surface area contributed by atoms with Crippen molar-refractivity contribution in [2.24, 2.45) is 0 Å². The second kappa shape index (κ2) is 5.37. The Kier molecular flexibility index (Phi) is 3.82. The van der Waals surface area contributed by atoms with Crippen molar-refractivity contribution in [3.05, 3.63) is 27.4 Å². The molecule has 0 amide bonds. The van der Waals surface area contributed by atoms with Crippen LogP contribution in [0.2, 0.25) is 5.02 Å². The van der Waals surface area contributed by atoms with E-state index in [4.69, 9.17) is 21.4 Å². The van der Waals surface area contributed by atoms with E-state index < -0.39 is 17.0 Å². The molecule has 1 fully saturated rings. The zero-order valence-electron chi connectivity index (χ0n) is 9.65. The molecule has 0 bridgehead atoms. The van der Waals surface area contributed by atoms with Gasteiger partial charge in [0.15, 0.2) is 6.10 Å². The van der Waals surface area contributed by atoms with Gasteiger partial charge in [0.1, 0.15) is 12.0 Å². The number of carboxylic acids is 1. The lowest BCUT2D eigenvalue weighted by Crippen LogP contribution is -2.46. The molecule has 2 rings (SSSR count). The molecule has 1 N–H and O–H groups in total. The Balaban J connectivity index is 2.22. The van der Waals surface area contributed by atoms with Crippen molar-refractivity contribution in [3.63, 3.8) is 0 Å². The van der Waals surface area contributed by atoms with Crippen molar-refractivity contribution in [2.45, 2.75) is 6.10 Å². The quantitative estimate of drug-likeness (QED) is 0.651.